The van der Waals surface area contributed by atoms with E-state index in [-0.39, 0.29) is 30.0 Å². The third-order valence-corrected chi connectivity index (χ3v) is 3.43. The Morgan fingerprint density at radius 3 is 2.65 bits per heavy atom. The van der Waals surface area contributed by atoms with Gasteiger partial charge in [-0.2, -0.15) is 5.10 Å². The number of aliphatic imine (C=N–C) groups is 1. The van der Waals surface area contributed by atoms with Gasteiger partial charge in [-0.3, -0.25) is 9.67 Å². The first-order chi connectivity index (χ1) is 10.7. The van der Waals surface area contributed by atoms with Crippen molar-refractivity contribution in [2.75, 3.05) is 13.1 Å². The second-order valence-electron chi connectivity index (χ2n) is 5.31. The highest BCUT2D eigenvalue weighted by molar-refractivity contribution is 14.0. The summed E-state index contributed by atoms with van der Waals surface area (Å²) in [4.78, 5) is 4.64. The van der Waals surface area contributed by atoms with Gasteiger partial charge in [0.25, 0.3) is 0 Å². The van der Waals surface area contributed by atoms with E-state index < -0.39 is 0 Å². The summed E-state index contributed by atoms with van der Waals surface area (Å²) in [7, 11) is 1.93. The molecular weight excluding hydrogens is 401 g/mol. The Balaban J connectivity index is 0.00000264. The van der Waals surface area contributed by atoms with Crippen LogP contribution >= 0.6 is 24.0 Å². The summed E-state index contributed by atoms with van der Waals surface area (Å²) in [6.07, 6.45) is 4.81. The second-order valence-corrected chi connectivity index (χ2v) is 5.31. The number of nitrogens with one attached hydrogen (secondary N) is 2. The highest BCUT2D eigenvalue weighted by Gasteiger charge is 2.06. The van der Waals surface area contributed by atoms with Crippen molar-refractivity contribution < 1.29 is 0 Å². The third kappa shape index (κ3) is 6.60. The molecule has 1 aromatic heterocycles. The molecule has 126 valence electrons. The molecule has 1 unspecified atom stereocenters. The van der Waals surface area contributed by atoms with E-state index in [0.29, 0.717) is 0 Å². The number of hydrogen-bond donors (Lipinski definition) is 2. The smallest absolute Gasteiger partial charge is 0.191 e. The molecule has 2 rings (SSSR count). The van der Waals surface area contributed by atoms with Gasteiger partial charge in [0.05, 0.1) is 12.2 Å². The number of nitrogens with zero attached hydrogens (tertiary/aromatic N) is 3. The summed E-state index contributed by atoms with van der Waals surface area (Å²) in [6, 6.07) is 10.6. The number of aromatic nitrogens is 2. The Morgan fingerprint density at radius 1 is 1.30 bits per heavy atom. The van der Waals surface area contributed by atoms with Crippen LogP contribution in [0.4, 0.5) is 0 Å². The van der Waals surface area contributed by atoms with Gasteiger partial charge in [0.2, 0.25) is 0 Å². The van der Waals surface area contributed by atoms with Crippen LogP contribution in [0.3, 0.4) is 0 Å². The minimum Gasteiger partial charge on any atom is -0.357 e. The lowest BCUT2D eigenvalue weighted by molar-refractivity contribution is 0.686. The molecule has 0 saturated heterocycles. The van der Waals surface area contributed by atoms with Crippen LogP contribution < -0.4 is 10.6 Å². The summed E-state index contributed by atoms with van der Waals surface area (Å²) >= 11 is 0. The van der Waals surface area contributed by atoms with Crippen LogP contribution in [-0.4, -0.2) is 28.8 Å². The molecule has 0 aliphatic rings. The van der Waals surface area contributed by atoms with E-state index in [0.717, 1.165) is 25.5 Å². The fourth-order valence-electron chi connectivity index (χ4n) is 2.25. The molecule has 0 spiro atoms. The number of hydrogen-bond acceptors (Lipinski definition) is 2. The van der Waals surface area contributed by atoms with E-state index in [1.54, 1.807) is 0 Å². The van der Waals surface area contributed by atoms with Crippen molar-refractivity contribution in [2.24, 2.45) is 12.0 Å². The van der Waals surface area contributed by atoms with Crippen LogP contribution in [0, 0.1) is 0 Å². The topological polar surface area (TPSA) is 54.2 Å². The molecule has 1 heterocycles. The summed E-state index contributed by atoms with van der Waals surface area (Å²) in [5.74, 6) is 0.850. The summed E-state index contributed by atoms with van der Waals surface area (Å²) in [6.45, 7) is 5.80. The van der Waals surface area contributed by atoms with Gasteiger partial charge in [-0.1, -0.05) is 30.3 Å². The number of halogens is 1. The molecule has 0 aliphatic carbocycles. The number of aryl methyl sites for hydroxylation is 1. The number of benzene rings is 1. The molecule has 6 heteroatoms. The Bertz CT molecular complexity index is 594. The van der Waals surface area contributed by atoms with Gasteiger partial charge >= 0.3 is 0 Å². The molecule has 1 atom stereocenters. The predicted octanol–water partition coefficient (Wildman–Crippen LogP) is 2.90. The number of guanidine groups is 1. The molecule has 5 nitrogen and oxygen atoms in total. The van der Waals surface area contributed by atoms with Gasteiger partial charge in [-0.25, -0.2) is 0 Å². The van der Waals surface area contributed by atoms with Gasteiger partial charge in [0.1, 0.15) is 0 Å². The maximum Gasteiger partial charge on any atom is 0.191 e. The van der Waals surface area contributed by atoms with Crippen molar-refractivity contribution in [3.05, 3.63) is 53.9 Å². The SMILES string of the molecule is CCNC(=NCCc1cnn(C)c1)NC(C)c1ccccc1.I. The van der Waals surface area contributed by atoms with E-state index in [1.165, 1.54) is 11.1 Å². The van der Waals surface area contributed by atoms with Crippen LogP contribution in [0.25, 0.3) is 0 Å². The average Bonchev–Trinajstić information content (AvgIpc) is 2.94. The van der Waals surface area contributed by atoms with E-state index in [9.17, 15) is 0 Å². The van der Waals surface area contributed by atoms with Crippen molar-refractivity contribution >= 4 is 29.9 Å². The van der Waals surface area contributed by atoms with Gasteiger partial charge in [-0.05, 0) is 31.4 Å². The Hall–Kier alpha value is -1.57. The fraction of sp³-hybridized carbons (Fsp3) is 0.412. The highest BCUT2D eigenvalue weighted by Crippen LogP contribution is 2.10. The summed E-state index contributed by atoms with van der Waals surface area (Å²) in [5.41, 5.74) is 2.46. The van der Waals surface area contributed by atoms with Crippen LogP contribution in [0.15, 0.2) is 47.7 Å². The standard InChI is InChI=1S/C17H25N5.HI/c1-4-18-17(19-11-10-15-12-20-22(3)13-15)21-14(2)16-8-6-5-7-9-16;/h5-9,12-14H,4,10-11H2,1-3H3,(H2,18,19,21);1H. The van der Waals surface area contributed by atoms with Crippen molar-refractivity contribution in [1.82, 2.24) is 20.4 Å². The third-order valence-electron chi connectivity index (χ3n) is 3.43. The lowest BCUT2D eigenvalue weighted by Gasteiger charge is -2.18. The fourth-order valence-corrected chi connectivity index (χ4v) is 2.25. The van der Waals surface area contributed by atoms with E-state index in [4.69, 9.17) is 0 Å². The van der Waals surface area contributed by atoms with Crippen molar-refractivity contribution in [3.63, 3.8) is 0 Å². The molecule has 2 aromatic rings. The first kappa shape index (κ1) is 19.5. The molecule has 0 saturated carbocycles. The normalized spacial score (nSPS) is 12.4. The molecule has 0 radical (unpaired) electrons. The minimum atomic E-state index is 0. The summed E-state index contributed by atoms with van der Waals surface area (Å²) < 4.78 is 1.82. The maximum absolute atomic E-state index is 4.64. The lowest BCUT2D eigenvalue weighted by Crippen LogP contribution is -2.38. The van der Waals surface area contributed by atoms with Gasteiger partial charge in [0.15, 0.2) is 5.96 Å². The van der Waals surface area contributed by atoms with Crippen LogP contribution in [-0.2, 0) is 13.5 Å². The zero-order valence-electron chi connectivity index (χ0n) is 14.0. The zero-order valence-corrected chi connectivity index (χ0v) is 16.3. The van der Waals surface area contributed by atoms with Crippen LogP contribution in [0.2, 0.25) is 0 Å². The van der Waals surface area contributed by atoms with Crippen LogP contribution in [0.5, 0.6) is 0 Å². The zero-order chi connectivity index (χ0) is 15.8. The molecule has 0 fully saturated rings. The average molecular weight is 427 g/mol. The number of rotatable bonds is 6. The molecule has 0 amide bonds. The van der Waals surface area contributed by atoms with E-state index >= 15 is 0 Å². The first-order valence-corrected chi connectivity index (χ1v) is 7.76. The summed E-state index contributed by atoms with van der Waals surface area (Å²) in [5, 5.41) is 10.9. The molecule has 0 aliphatic heterocycles. The lowest BCUT2D eigenvalue weighted by atomic mass is 10.1. The first-order valence-electron chi connectivity index (χ1n) is 7.76. The second kappa shape index (κ2) is 10.3. The van der Waals surface area contributed by atoms with Gasteiger partial charge in [0, 0.05) is 26.3 Å². The minimum absolute atomic E-state index is 0. The maximum atomic E-state index is 4.64. The van der Waals surface area contributed by atoms with Gasteiger partial charge < -0.3 is 10.6 Å². The Kier molecular flexibility index (Phi) is 8.68. The Morgan fingerprint density at radius 2 is 2.04 bits per heavy atom. The Labute approximate surface area is 155 Å². The quantitative estimate of drug-likeness (QED) is 0.424. The van der Waals surface area contributed by atoms with Crippen LogP contribution in [0.1, 0.15) is 31.0 Å². The van der Waals surface area contributed by atoms with E-state index in [1.807, 2.05) is 30.2 Å². The van der Waals surface area contributed by atoms with E-state index in [2.05, 4.69) is 58.8 Å². The molecular formula is C17H26IN5. The van der Waals surface area contributed by atoms with Crippen molar-refractivity contribution in [3.8, 4) is 0 Å². The molecule has 0 bridgehead atoms. The van der Waals surface area contributed by atoms with Gasteiger partial charge in [-0.15, -0.1) is 24.0 Å². The van der Waals surface area contributed by atoms with Crippen molar-refractivity contribution in [1.29, 1.82) is 0 Å². The molecule has 23 heavy (non-hydrogen) atoms. The molecule has 1 aromatic carbocycles. The molecule has 2 N–H and O–H groups in total. The highest BCUT2D eigenvalue weighted by atomic mass is 127. The predicted molar refractivity (Wildman–Crippen MR) is 106 cm³/mol. The monoisotopic (exact) mass is 427 g/mol. The van der Waals surface area contributed by atoms with Crippen molar-refractivity contribution in [2.45, 2.75) is 26.3 Å². The largest absolute Gasteiger partial charge is 0.357 e.